The van der Waals surface area contributed by atoms with Crippen molar-refractivity contribution in [2.75, 3.05) is 12.8 Å². The number of fused-ring (bicyclic) bond motifs is 3. The summed E-state index contributed by atoms with van der Waals surface area (Å²) in [6.45, 7) is 1.91. The van der Waals surface area contributed by atoms with E-state index in [2.05, 4.69) is 15.3 Å². The van der Waals surface area contributed by atoms with Gasteiger partial charge in [0.15, 0.2) is 0 Å². The van der Waals surface area contributed by atoms with Crippen LogP contribution in [0.2, 0.25) is 0 Å². The van der Waals surface area contributed by atoms with Gasteiger partial charge in [0.25, 0.3) is 0 Å². The number of carbonyl (C=O) groups is 1. The Morgan fingerprint density at radius 2 is 2.26 bits per heavy atom. The van der Waals surface area contributed by atoms with Crippen LogP contribution in [0, 0.1) is 6.92 Å². The molecule has 0 saturated heterocycles. The van der Waals surface area contributed by atoms with E-state index < -0.39 is 0 Å². The van der Waals surface area contributed by atoms with Crippen LogP contribution in [0.3, 0.4) is 0 Å². The maximum Gasteiger partial charge on any atom is 0.230 e. The van der Waals surface area contributed by atoms with Gasteiger partial charge in [0.2, 0.25) is 5.91 Å². The van der Waals surface area contributed by atoms with Crippen molar-refractivity contribution in [2.45, 2.75) is 31.2 Å². The highest BCUT2D eigenvalue weighted by Gasteiger charge is 2.22. The van der Waals surface area contributed by atoms with E-state index >= 15 is 0 Å². The maximum atomic E-state index is 11.4. The molecule has 2 aromatic heterocycles. The highest BCUT2D eigenvalue weighted by Crippen LogP contribution is 2.40. The number of thiophene rings is 1. The topological polar surface area (TPSA) is 54.9 Å². The molecule has 0 bridgehead atoms. The lowest BCUT2D eigenvalue weighted by molar-refractivity contribution is -0.118. The van der Waals surface area contributed by atoms with Crippen molar-refractivity contribution in [1.82, 2.24) is 15.3 Å². The van der Waals surface area contributed by atoms with E-state index in [4.69, 9.17) is 0 Å². The van der Waals surface area contributed by atoms with Gasteiger partial charge < -0.3 is 5.32 Å². The molecule has 0 unspecified atom stereocenters. The average molecular weight is 293 g/mol. The number of amides is 1. The van der Waals surface area contributed by atoms with Gasteiger partial charge in [-0.05, 0) is 31.7 Å². The van der Waals surface area contributed by atoms with Crippen molar-refractivity contribution in [2.24, 2.45) is 0 Å². The minimum atomic E-state index is 0.0290. The molecule has 0 atom stereocenters. The maximum absolute atomic E-state index is 11.4. The second-order valence-corrected chi connectivity index (χ2v) is 6.62. The van der Waals surface area contributed by atoms with Crippen LogP contribution >= 0.6 is 23.1 Å². The molecule has 6 heteroatoms. The van der Waals surface area contributed by atoms with E-state index in [9.17, 15) is 4.79 Å². The fourth-order valence-electron chi connectivity index (χ4n) is 2.37. The Morgan fingerprint density at radius 3 is 3.05 bits per heavy atom. The van der Waals surface area contributed by atoms with Crippen LogP contribution in [-0.2, 0) is 17.6 Å². The SMILES string of the molecule is CNC(=O)CSc1nc(C)nc2sc3c(c12)CCC3. The molecule has 1 aliphatic rings. The molecule has 0 fully saturated rings. The lowest BCUT2D eigenvalue weighted by Crippen LogP contribution is -2.19. The van der Waals surface area contributed by atoms with Crippen molar-refractivity contribution < 1.29 is 4.79 Å². The smallest absolute Gasteiger partial charge is 0.230 e. The Hall–Kier alpha value is -1.14. The third-order valence-corrected chi connectivity index (χ3v) is 5.42. The van der Waals surface area contributed by atoms with Crippen LogP contribution in [-0.4, -0.2) is 28.7 Å². The van der Waals surface area contributed by atoms with Crippen LogP contribution in [0.25, 0.3) is 10.2 Å². The molecule has 1 N–H and O–H groups in total. The molecule has 19 heavy (non-hydrogen) atoms. The third-order valence-electron chi connectivity index (χ3n) is 3.26. The van der Waals surface area contributed by atoms with Gasteiger partial charge in [-0.15, -0.1) is 11.3 Å². The predicted molar refractivity (Wildman–Crippen MR) is 79.0 cm³/mol. The van der Waals surface area contributed by atoms with Crippen molar-refractivity contribution in [1.29, 1.82) is 0 Å². The molecule has 100 valence electrons. The Balaban J connectivity index is 2.04. The number of aryl methyl sites for hydroxylation is 3. The number of rotatable bonds is 3. The van der Waals surface area contributed by atoms with Gasteiger partial charge in [-0.25, -0.2) is 9.97 Å². The van der Waals surface area contributed by atoms with Gasteiger partial charge in [-0.3, -0.25) is 4.79 Å². The van der Waals surface area contributed by atoms with Gasteiger partial charge in [-0.2, -0.15) is 0 Å². The molecule has 2 aromatic rings. The van der Waals surface area contributed by atoms with Crippen molar-refractivity contribution in [3.63, 3.8) is 0 Å². The summed E-state index contributed by atoms with van der Waals surface area (Å²) in [7, 11) is 1.66. The van der Waals surface area contributed by atoms with E-state index in [1.165, 1.54) is 34.0 Å². The Labute approximate surface area is 120 Å². The minimum absolute atomic E-state index is 0.0290. The third kappa shape index (κ3) is 2.34. The summed E-state index contributed by atoms with van der Waals surface area (Å²) < 4.78 is 0. The van der Waals surface area contributed by atoms with Gasteiger partial charge in [0, 0.05) is 17.3 Å². The zero-order valence-electron chi connectivity index (χ0n) is 10.9. The minimum Gasteiger partial charge on any atom is -0.358 e. The fourth-order valence-corrected chi connectivity index (χ4v) is 4.72. The molecule has 0 saturated carbocycles. The van der Waals surface area contributed by atoms with Gasteiger partial charge in [0.05, 0.1) is 5.75 Å². The highest BCUT2D eigenvalue weighted by molar-refractivity contribution is 8.00. The quantitative estimate of drug-likeness (QED) is 0.697. The first-order valence-corrected chi connectivity index (χ1v) is 8.11. The van der Waals surface area contributed by atoms with Crippen LogP contribution in [0.1, 0.15) is 22.7 Å². The molecular weight excluding hydrogens is 278 g/mol. The second kappa shape index (κ2) is 5.09. The summed E-state index contributed by atoms with van der Waals surface area (Å²) >= 11 is 3.30. The van der Waals surface area contributed by atoms with E-state index in [1.54, 1.807) is 18.4 Å². The summed E-state index contributed by atoms with van der Waals surface area (Å²) in [5, 5.41) is 4.80. The zero-order valence-corrected chi connectivity index (χ0v) is 12.6. The first kappa shape index (κ1) is 12.9. The number of hydrogen-bond acceptors (Lipinski definition) is 5. The van der Waals surface area contributed by atoms with Gasteiger partial charge in [0.1, 0.15) is 15.7 Å². The number of carbonyl (C=O) groups excluding carboxylic acids is 1. The summed E-state index contributed by atoms with van der Waals surface area (Å²) in [6, 6.07) is 0. The van der Waals surface area contributed by atoms with Crippen molar-refractivity contribution >= 4 is 39.2 Å². The van der Waals surface area contributed by atoms with E-state index in [0.29, 0.717) is 5.75 Å². The zero-order chi connectivity index (χ0) is 13.4. The first-order chi connectivity index (χ1) is 9.19. The van der Waals surface area contributed by atoms with E-state index in [-0.39, 0.29) is 5.91 Å². The number of aromatic nitrogens is 2. The summed E-state index contributed by atoms with van der Waals surface area (Å²) in [4.78, 5) is 23.0. The number of nitrogens with zero attached hydrogens (tertiary/aromatic N) is 2. The Morgan fingerprint density at radius 1 is 1.42 bits per heavy atom. The van der Waals surface area contributed by atoms with Gasteiger partial charge >= 0.3 is 0 Å². The standard InChI is InChI=1S/C13H15N3OS2/c1-7-15-12(18-6-10(17)14-2)11-8-4-3-5-9(8)19-13(11)16-7/h3-6H2,1-2H3,(H,14,17). The van der Waals surface area contributed by atoms with E-state index in [1.807, 2.05) is 6.92 Å². The van der Waals surface area contributed by atoms with Crippen LogP contribution in [0.4, 0.5) is 0 Å². The molecule has 2 heterocycles. The molecule has 4 nitrogen and oxygen atoms in total. The van der Waals surface area contributed by atoms with Crippen molar-refractivity contribution in [3.05, 3.63) is 16.3 Å². The molecule has 1 amide bonds. The monoisotopic (exact) mass is 293 g/mol. The molecular formula is C13H15N3OS2. The van der Waals surface area contributed by atoms with Crippen LogP contribution in [0.5, 0.6) is 0 Å². The summed E-state index contributed by atoms with van der Waals surface area (Å²) in [5.41, 5.74) is 1.42. The summed E-state index contributed by atoms with van der Waals surface area (Å²) in [6.07, 6.45) is 3.51. The molecule has 0 spiro atoms. The largest absolute Gasteiger partial charge is 0.358 e. The summed E-state index contributed by atoms with van der Waals surface area (Å²) in [5.74, 6) is 1.22. The van der Waals surface area contributed by atoms with Gasteiger partial charge in [-0.1, -0.05) is 11.8 Å². The average Bonchev–Trinajstić information content (AvgIpc) is 2.94. The van der Waals surface area contributed by atoms with Crippen LogP contribution < -0.4 is 5.32 Å². The molecule has 0 aromatic carbocycles. The normalized spacial score (nSPS) is 13.8. The second-order valence-electron chi connectivity index (χ2n) is 4.58. The fraction of sp³-hybridized carbons (Fsp3) is 0.462. The predicted octanol–water partition coefficient (Wildman–Crippen LogP) is 2.33. The molecule has 1 aliphatic carbocycles. The number of nitrogens with one attached hydrogen (secondary N) is 1. The lowest BCUT2D eigenvalue weighted by atomic mass is 10.2. The number of hydrogen-bond donors (Lipinski definition) is 1. The highest BCUT2D eigenvalue weighted by atomic mass is 32.2. The molecule has 3 rings (SSSR count). The first-order valence-electron chi connectivity index (χ1n) is 6.31. The Kier molecular flexibility index (Phi) is 3.45. The number of thioether (sulfide) groups is 1. The van der Waals surface area contributed by atoms with E-state index in [0.717, 1.165) is 28.5 Å². The molecule has 0 aliphatic heterocycles. The van der Waals surface area contributed by atoms with Crippen LogP contribution in [0.15, 0.2) is 5.03 Å². The molecule has 0 radical (unpaired) electrons. The lowest BCUT2D eigenvalue weighted by Gasteiger charge is -2.05. The Bertz CT molecular complexity index is 651. The van der Waals surface area contributed by atoms with Crippen molar-refractivity contribution in [3.8, 4) is 0 Å².